The van der Waals surface area contributed by atoms with Gasteiger partial charge in [0.1, 0.15) is 0 Å². The summed E-state index contributed by atoms with van der Waals surface area (Å²) in [6, 6.07) is 10.6. The highest BCUT2D eigenvalue weighted by atomic mass is 14.1. The third kappa shape index (κ3) is 1.59. The molecule has 0 N–H and O–H groups in total. The second kappa shape index (κ2) is 3.74. The SMILES string of the molecule is C=Cc1cccc2cc(C)cc(C=C)c12. The van der Waals surface area contributed by atoms with Crippen LogP contribution in [0, 0.1) is 6.92 Å². The van der Waals surface area contributed by atoms with Gasteiger partial charge in [0.15, 0.2) is 0 Å². The van der Waals surface area contributed by atoms with Crippen LogP contribution in [0.25, 0.3) is 22.9 Å². The molecule has 0 atom stereocenters. The molecule has 2 aromatic rings. The van der Waals surface area contributed by atoms with Crippen molar-refractivity contribution < 1.29 is 0 Å². The highest BCUT2D eigenvalue weighted by molar-refractivity contribution is 5.97. The van der Waals surface area contributed by atoms with Gasteiger partial charge >= 0.3 is 0 Å². The lowest BCUT2D eigenvalue weighted by Crippen LogP contribution is -1.84. The first-order valence-corrected chi connectivity index (χ1v) is 5.04. The van der Waals surface area contributed by atoms with Crippen molar-refractivity contribution >= 4 is 22.9 Å². The van der Waals surface area contributed by atoms with Gasteiger partial charge in [0.25, 0.3) is 0 Å². The van der Waals surface area contributed by atoms with Gasteiger partial charge in [0.2, 0.25) is 0 Å². The molecule has 0 radical (unpaired) electrons. The minimum atomic E-state index is 1.17. The lowest BCUT2D eigenvalue weighted by molar-refractivity contribution is 1.49. The summed E-state index contributed by atoms with van der Waals surface area (Å²) in [5, 5.41) is 2.50. The second-order valence-corrected chi connectivity index (χ2v) is 3.71. The van der Waals surface area contributed by atoms with Gasteiger partial charge in [-0.2, -0.15) is 0 Å². The summed E-state index contributed by atoms with van der Waals surface area (Å²) < 4.78 is 0. The Labute approximate surface area is 90.6 Å². The number of rotatable bonds is 2. The molecule has 0 unspecified atom stereocenters. The van der Waals surface area contributed by atoms with Gasteiger partial charge in [-0.3, -0.25) is 0 Å². The third-order valence-electron chi connectivity index (χ3n) is 2.62. The molecule has 0 heteroatoms. The summed E-state index contributed by atoms with van der Waals surface area (Å²) in [6.07, 6.45) is 3.80. The van der Waals surface area contributed by atoms with Crippen LogP contribution in [-0.4, -0.2) is 0 Å². The molecule has 0 nitrogen and oxygen atoms in total. The zero-order chi connectivity index (χ0) is 10.8. The monoisotopic (exact) mass is 194 g/mol. The number of fused-ring (bicyclic) bond motifs is 1. The largest absolute Gasteiger partial charge is 0.0984 e. The number of hydrogen-bond acceptors (Lipinski definition) is 0. The van der Waals surface area contributed by atoms with E-state index in [1.165, 1.54) is 27.5 Å². The van der Waals surface area contributed by atoms with Gasteiger partial charge in [-0.15, -0.1) is 0 Å². The summed E-state index contributed by atoms with van der Waals surface area (Å²) >= 11 is 0. The maximum atomic E-state index is 3.86. The van der Waals surface area contributed by atoms with Crippen molar-refractivity contribution in [3.8, 4) is 0 Å². The van der Waals surface area contributed by atoms with Crippen LogP contribution in [0.15, 0.2) is 43.5 Å². The van der Waals surface area contributed by atoms with Crippen molar-refractivity contribution in [2.75, 3.05) is 0 Å². The van der Waals surface area contributed by atoms with E-state index >= 15 is 0 Å². The molecule has 0 saturated heterocycles. The van der Waals surface area contributed by atoms with E-state index < -0.39 is 0 Å². The fraction of sp³-hybridized carbons (Fsp3) is 0.0667. The predicted octanol–water partition coefficient (Wildman–Crippen LogP) is 4.43. The van der Waals surface area contributed by atoms with E-state index in [1.54, 1.807) is 0 Å². The van der Waals surface area contributed by atoms with E-state index in [-0.39, 0.29) is 0 Å². The fourth-order valence-corrected chi connectivity index (χ4v) is 1.98. The summed E-state index contributed by atoms with van der Waals surface area (Å²) in [7, 11) is 0. The Morgan fingerprint density at radius 2 is 1.73 bits per heavy atom. The standard InChI is InChI=1S/C15H14/c1-4-12-7-6-8-14-10-11(3)9-13(5-2)15(12)14/h4-10H,1-2H2,3H3. The van der Waals surface area contributed by atoms with E-state index in [1.807, 2.05) is 12.2 Å². The van der Waals surface area contributed by atoms with Gasteiger partial charge in [0, 0.05) is 0 Å². The van der Waals surface area contributed by atoms with E-state index in [4.69, 9.17) is 0 Å². The maximum Gasteiger partial charge on any atom is -0.00391 e. The Morgan fingerprint density at radius 3 is 2.40 bits per heavy atom. The van der Waals surface area contributed by atoms with Crippen LogP contribution in [-0.2, 0) is 0 Å². The lowest BCUT2D eigenvalue weighted by atomic mass is 9.97. The Morgan fingerprint density at radius 1 is 1.00 bits per heavy atom. The van der Waals surface area contributed by atoms with Crippen molar-refractivity contribution in [1.29, 1.82) is 0 Å². The van der Waals surface area contributed by atoms with Crippen LogP contribution in [0.1, 0.15) is 16.7 Å². The Bertz CT molecular complexity index is 533. The first kappa shape index (κ1) is 9.72. The van der Waals surface area contributed by atoms with Crippen LogP contribution in [0.3, 0.4) is 0 Å². The van der Waals surface area contributed by atoms with Crippen LogP contribution < -0.4 is 0 Å². The molecule has 0 aliphatic carbocycles. The van der Waals surface area contributed by atoms with E-state index in [9.17, 15) is 0 Å². The van der Waals surface area contributed by atoms with Gasteiger partial charge in [0.05, 0.1) is 0 Å². The van der Waals surface area contributed by atoms with Crippen LogP contribution in [0.5, 0.6) is 0 Å². The van der Waals surface area contributed by atoms with E-state index in [2.05, 4.69) is 50.4 Å². The molecule has 15 heavy (non-hydrogen) atoms. The molecule has 0 spiro atoms. The first-order valence-electron chi connectivity index (χ1n) is 5.04. The molecule has 74 valence electrons. The topological polar surface area (TPSA) is 0 Å². The Kier molecular flexibility index (Phi) is 2.42. The van der Waals surface area contributed by atoms with Gasteiger partial charge in [-0.25, -0.2) is 0 Å². The molecule has 0 heterocycles. The van der Waals surface area contributed by atoms with Crippen molar-refractivity contribution in [1.82, 2.24) is 0 Å². The van der Waals surface area contributed by atoms with Gasteiger partial charge in [-0.05, 0) is 34.4 Å². The maximum absolute atomic E-state index is 3.86. The lowest BCUT2D eigenvalue weighted by Gasteiger charge is -2.07. The Hall–Kier alpha value is -1.82. The molecule has 0 aromatic heterocycles. The normalized spacial score (nSPS) is 10.2. The van der Waals surface area contributed by atoms with Crippen molar-refractivity contribution in [2.45, 2.75) is 6.92 Å². The fourth-order valence-electron chi connectivity index (χ4n) is 1.98. The average Bonchev–Trinajstić information content (AvgIpc) is 2.26. The number of aryl methyl sites for hydroxylation is 1. The third-order valence-corrected chi connectivity index (χ3v) is 2.62. The summed E-state index contributed by atoms with van der Waals surface area (Å²) in [4.78, 5) is 0. The summed E-state index contributed by atoms with van der Waals surface area (Å²) in [6.45, 7) is 9.81. The van der Waals surface area contributed by atoms with Crippen LogP contribution >= 0.6 is 0 Å². The molecule has 0 amide bonds. The smallest absolute Gasteiger partial charge is 0.00391 e. The molecule has 0 aliphatic rings. The molecule has 0 bridgehead atoms. The zero-order valence-electron chi connectivity index (χ0n) is 8.96. The molecule has 0 fully saturated rings. The summed E-state index contributed by atoms with van der Waals surface area (Å²) in [5.41, 5.74) is 3.61. The van der Waals surface area contributed by atoms with E-state index in [0.29, 0.717) is 0 Å². The highest BCUT2D eigenvalue weighted by Gasteiger charge is 2.02. The van der Waals surface area contributed by atoms with Gasteiger partial charge in [-0.1, -0.05) is 55.6 Å². The van der Waals surface area contributed by atoms with E-state index in [0.717, 1.165) is 0 Å². The summed E-state index contributed by atoms with van der Waals surface area (Å²) in [5.74, 6) is 0. The zero-order valence-corrected chi connectivity index (χ0v) is 8.96. The van der Waals surface area contributed by atoms with Crippen molar-refractivity contribution in [3.05, 3.63) is 60.2 Å². The average molecular weight is 194 g/mol. The van der Waals surface area contributed by atoms with Crippen molar-refractivity contribution in [3.63, 3.8) is 0 Å². The number of hydrogen-bond donors (Lipinski definition) is 0. The predicted molar refractivity (Wildman–Crippen MR) is 68.9 cm³/mol. The molecular formula is C15H14. The minimum Gasteiger partial charge on any atom is -0.0984 e. The second-order valence-electron chi connectivity index (χ2n) is 3.71. The number of benzene rings is 2. The molecular weight excluding hydrogens is 180 g/mol. The Balaban J connectivity index is 2.96. The molecule has 2 rings (SSSR count). The van der Waals surface area contributed by atoms with Crippen LogP contribution in [0.2, 0.25) is 0 Å². The molecule has 0 saturated carbocycles. The molecule has 2 aromatic carbocycles. The first-order chi connectivity index (χ1) is 7.26. The van der Waals surface area contributed by atoms with Gasteiger partial charge < -0.3 is 0 Å². The molecule has 0 aliphatic heterocycles. The quantitative estimate of drug-likeness (QED) is 0.663. The minimum absolute atomic E-state index is 1.17. The van der Waals surface area contributed by atoms with Crippen molar-refractivity contribution in [2.24, 2.45) is 0 Å². The van der Waals surface area contributed by atoms with Crippen LogP contribution in [0.4, 0.5) is 0 Å². The highest BCUT2D eigenvalue weighted by Crippen LogP contribution is 2.26.